The zero-order valence-electron chi connectivity index (χ0n) is 13.9. The molecule has 4 aromatic rings. The third-order valence-electron chi connectivity index (χ3n) is 4.18. The van der Waals surface area contributed by atoms with Crippen LogP contribution in [0.1, 0.15) is 0 Å². The first-order chi connectivity index (χ1) is 13.3. The van der Waals surface area contributed by atoms with Crippen LogP contribution >= 0.6 is 0 Å². The Morgan fingerprint density at radius 2 is 1.46 bits per heavy atom. The van der Waals surface area contributed by atoms with Crippen LogP contribution in [0.4, 0.5) is 17.6 Å². The van der Waals surface area contributed by atoms with Crippen LogP contribution in [0.2, 0.25) is 0 Å². The zero-order valence-corrected chi connectivity index (χ0v) is 13.9. The van der Waals surface area contributed by atoms with Gasteiger partial charge in [-0.1, -0.05) is 6.07 Å². The summed E-state index contributed by atoms with van der Waals surface area (Å²) in [6, 6.07) is 9.09. The Balaban J connectivity index is 2.01. The third kappa shape index (κ3) is 2.88. The van der Waals surface area contributed by atoms with Gasteiger partial charge in [-0.3, -0.25) is 4.79 Å². The SMILES string of the molecule is O=c1oc2ccc(-c3ccc(F)cc3F)cc2c(=O)n1-c1cc(F)ccc1F. The minimum Gasteiger partial charge on any atom is -0.409 e. The van der Waals surface area contributed by atoms with E-state index in [2.05, 4.69) is 0 Å². The molecule has 4 rings (SSSR count). The number of fused-ring (bicyclic) bond motifs is 1. The molecule has 0 saturated heterocycles. The lowest BCUT2D eigenvalue weighted by molar-refractivity contribution is 0.494. The summed E-state index contributed by atoms with van der Waals surface area (Å²) in [5.74, 6) is -4.69. The van der Waals surface area contributed by atoms with Gasteiger partial charge in [0.05, 0.1) is 11.1 Å². The van der Waals surface area contributed by atoms with Gasteiger partial charge in [0.25, 0.3) is 5.56 Å². The van der Waals surface area contributed by atoms with E-state index in [-0.39, 0.29) is 22.1 Å². The molecular weight excluding hydrogens is 378 g/mol. The Labute approximate surface area is 153 Å². The standard InChI is InChI=1S/C20H9F4NO3/c21-11-2-4-13(16(24)8-11)10-1-6-18-14(7-10)19(26)25(20(27)28-18)17-9-12(22)3-5-15(17)23/h1-9H. The van der Waals surface area contributed by atoms with E-state index in [0.717, 1.165) is 18.2 Å². The molecule has 0 fully saturated rings. The number of aromatic nitrogens is 1. The van der Waals surface area contributed by atoms with Crippen LogP contribution in [0.15, 0.2) is 68.6 Å². The smallest absolute Gasteiger partial charge is 0.409 e. The van der Waals surface area contributed by atoms with Crippen LogP contribution in [0.25, 0.3) is 27.8 Å². The average molecular weight is 387 g/mol. The molecule has 0 unspecified atom stereocenters. The number of hydrogen-bond acceptors (Lipinski definition) is 3. The van der Waals surface area contributed by atoms with Gasteiger partial charge in [0, 0.05) is 17.7 Å². The third-order valence-corrected chi connectivity index (χ3v) is 4.18. The molecule has 0 atom stereocenters. The molecular formula is C20H9F4NO3. The number of benzene rings is 3. The minimum atomic E-state index is -1.21. The van der Waals surface area contributed by atoms with Crippen molar-refractivity contribution in [1.29, 1.82) is 0 Å². The fourth-order valence-electron chi connectivity index (χ4n) is 2.89. The highest BCUT2D eigenvalue weighted by Gasteiger charge is 2.17. The van der Waals surface area contributed by atoms with Crippen molar-refractivity contribution >= 4 is 11.0 Å². The topological polar surface area (TPSA) is 52.2 Å². The summed E-state index contributed by atoms with van der Waals surface area (Å²) >= 11 is 0. The molecule has 0 radical (unpaired) electrons. The monoisotopic (exact) mass is 387 g/mol. The molecule has 0 aliphatic rings. The van der Waals surface area contributed by atoms with Crippen molar-refractivity contribution in [1.82, 2.24) is 4.57 Å². The lowest BCUT2D eigenvalue weighted by atomic mass is 10.0. The molecule has 4 nitrogen and oxygen atoms in total. The second-order valence-corrected chi connectivity index (χ2v) is 5.94. The van der Waals surface area contributed by atoms with Crippen LogP contribution in [0.3, 0.4) is 0 Å². The molecule has 0 N–H and O–H groups in total. The van der Waals surface area contributed by atoms with Crippen LogP contribution in [0.5, 0.6) is 0 Å². The normalized spacial score (nSPS) is 11.1. The van der Waals surface area contributed by atoms with Crippen molar-refractivity contribution in [2.45, 2.75) is 0 Å². The lowest BCUT2D eigenvalue weighted by Gasteiger charge is -2.08. The quantitative estimate of drug-likeness (QED) is 0.485. The number of halogens is 4. The van der Waals surface area contributed by atoms with Crippen molar-refractivity contribution in [3.63, 3.8) is 0 Å². The molecule has 0 saturated carbocycles. The number of nitrogens with zero attached hydrogens (tertiary/aromatic N) is 1. The van der Waals surface area contributed by atoms with E-state index in [9.17, 15) is 27.2 Å². The van der Waals surface area contributed by atoms with Gasteiger partial charge in [-0.2, -0.15) is 0 Å². The average Bonchev–Trinajstić information content (AvgIpc) is 2.64. The second kappa shape index (κ2) is 6.49. The van der Waals surface area contributed by atoms with Crippen LogP contribution in [-0.4, -0.2) is 4.57 Å². The van der Waals surface area contributed by atoms with Crippen molar-refractivity contribution in [3.05, 3.63) is 98.8 Å². The van der Waals surface area contributed by atoms with Gasteiger partial charge < -0.3 is 4.42 Å². The minimum absolute atomic E-state index is 0.0115. The van der Waals surface area contributed by atoms with Crippen LogP contribution in [-0.2, 0) is 0 Å². The molecule has 1 aromatic heterocycles. The summed E-state index contributed by atoms with van der Waals surface area (Å²) in [6.07, 6.45) is 0. The summed E-state index contributed by atoms with van der Waals surface area (Å²) < 4.78 is 60.1. The van der Waals surface area contributed by atoms with Gasteiger partial charge in [-0.15, -0.1) is 0 Å². The maximum atomic E-state index is 14.1. The van der Waals surface area contributed by atoms with E-state index < -0.39 is 40.3 Å². The molecule has 0 aliphatic heterocycles. The van der Waals surface area contributed by atoms with E-state index >= 15 is 0 Å². The molecule has 8 heteroatoms. The Bertz CT molecular complexity index is 1360. The van der Waals surface area contributed by atoms with E-state index in [0.29, 0.717) is 16.7 Å². The highest BCUT2D eigenvalue weighted by molar-refractivity contribution is 5.82. The molecule has 3 aromatic carbocycles. The number of rotatable bonds is 2. The predicted octanol–water partition coefficient (Wildman–Crippen LogP) is 4.17. The highest BCUT2D eigenvalue weighted by atomic mass is 19.1. The van der Waals surface area contributed by atoms with E-state index in [1.54, 1.807) is 0 Å². The maximum absolute atomic E-state index is 14.1. The van der Waals surface area contributed by atoms with E-state index in [1.165, 1.54) is 24.3 Å². The van der Waals surface area contributed by atoms with Gasteiger partial charge in [0.15, 0.2) is 0 Å². The molecule has 0 aliphatic carbocycles. The molecule has 0 spiro atoms. The van der Waals surface area contributed by atoms with Crippen molar-refractivity contribution in [2.75, 3.05) is 0 Å². The number of hydrogen-bond donors (Lipinski definition) is 0. The summed E-state index contributed by atoms with van der Waals surface area (Å²) in [5, 5.41) is -0.163. The van der Waals surface area contributed by atoms with Crippen LogP contribution < -0.4 is 11.3 Å². The summed E-state index contributed by atoms with van der Waals surface area (Å²) in [4.78, 5) is 25.0. The summed E-state index contributed by atoms with van der Waals surface area (Å²) in [5.41, 5.74) is -1.48. The highest BCUT2D eigenvalue weighted by Crippen LogP contribution is 2.26. The van der Waals surface area contributed by atoms with E-state index in [4.69, 9.17) is 4.42 Å². The van der Waals surface area contributed by atoms with Crippen molar-refractivity contribution < 1.29 is 22.0 Å². The van der Waals surface area contributed by atoms with Gasteiger partial charge in [-0.05, 0) is 42.0 Å². The fourth-order valence-corrected chi connectivity index (χ4v) is 2.89. The zero-order chi connectivity index (χ0) is 20.0. The molecule has 28 heavy (non-hydrogen) atoms. The Morgan fingerprint density at radius 1 is 0.750 bits per heavy atom. The molecule has 0 bridgehead atoms. The van der Waals surface area contributed by atoms with Gasteiger partial charge in [0.1, 0.15) is 28.9 Å². The largest absolute Gasteiger partial charge is 0.427 e. The van der Waals surface area contributed by atoms with Gasteiger partial charge >= 0.3 is 5.76 Å². The molecule has 1 heterocycles. The van der Waals surface area contributed by atoms with Crippen molar-refractivity contribution in [2.24, 2.45) is 0 Å². The summed E-state index contributed by atoms with van der Waals surface area (Å²) in [6.45, 7) is 0. The van der Waals surface area contributed by atoms with Gasteiger partial charge in [0.2, 0.25) is 0 Å². The summed E-state index contributed by atoms with van der Waals surface area (Å²) in [7, 11) is 0. The first-order valence-corrected chi connectivity index (χ1v) is 7.96. The lowest BCUT2D eigenvalue weighted by Crippen LogP contribution is -2.31. The van der Waals surface area contributed by atoms with Gasteiger partial charge in [-0.25, -0.2) is 26.9 Å². The Kier molecular flexibility index (Phi) is 4.11. The Morgan fingerprint density at radius 3 is 2.21 bits per heavy atom. The first kappa shape index (κ1) is 17.7. The maximum Gasteiger partial charge on any atom is 0.427 e. The molecule has 0 amide bonds. The molecule has 140 valence electrons. The van der Waals surface area contributed by atoms with Crippen LogP contribution in [0, 0.1) is 23.3 Å². The van der Waals surface area contributed by atoms with E-state index in [1.807, 2.05) is 0 Å². The fraction of sp³-hybridized carbons (Fsp3) is 0. The van der Waals surface area contributed by atoms with Crippen molar-refractivity contribution in [3.8, 4) is 16.8 Å². The second-order valence-electron chi connectivity index (χ2n) is 5.94. The predicted molar refractivity (Wildman–Crippen MR) is 93.3 cm³/mol. The Hall–Kier alpha value is -3.68. The first-order valence-electron chi connectivity index (χ1n) is 7.96.